The van der Waals surface area contributed by atoms with Crippen LogP contribution in [-0.4, -0.2) is 6.61 Å². The number of ether oxygens (including phenoxy) is 1. The fraction of sp³-hybridized carbons (Fsp3) is 0.308. The molecule has 0 aliphatic carbocycles. The Balaban J connectivity index is 1.82. The highest BCUT2D eigenvalue weighted by Gasteiger charge is 1.93. The molecule has 0 heterocycles. The van der Waals surface area contributed by atoms with Crippen LogP contribution >= 0.6 is 0 Å². The Bertz CT molecular complexity index is 818. The summed E-state index contributed by atoms with van der Waals surface area (Å²) in [4.78, 5) is 0. The van der Waals surface area contributed by atoms with Gasteiger partial charge in [0.15, 0.2) is 0 Å². The minimum absolute atomic E-state index is 0.744. The average molecular weight is 357 g/mol. The minimum Gasteiger partial charge on any atom is -0.494 e. The molecule has 0 radical (unpaired) electrons. The molecular formula is C26H28O. The predicted octanol–water partition coefficient (Wildman–Crippen LogP) is 6.17. The van der Waals surface area contributed by atoms with Crippen LogP contribution in [-0.2, 0) is 6.42 Å². The van der Waals surface area contributed by atoms with Gasteiger partial charge in [-0.3, -0.25) is 0 Å². The summed E-state index contributed by atoms with van der Waals surface area (Å²) in [5.41, 5.74) is 3.39. The maximum atomic E-state index is 5.56. The van der Waals surface area contributed by atoms with Gasteiger partial charge in [0, 0.05) is 11.1 Å². The monoisotopic (exact) mass is 356 g/mol. The molecule has 0 atom stereocenters. The first kappa shape index (κ1) is 20.4. The molecule has 2 aromatic carbocycles. The van der Waals surface area contributed by atoms with Crippen molar-refractivity contribution in [2.24, 2.45) is 0 Å². The van der Waals surface area contributed by atoms with Gasteiger partial charge in [-0.15, -0.1) is 0 Å². The van der Waals surface area contributed by atoms with E-state index in [1.165, 1.54) is 24.8 Å². The molecule has 0 aliphatic rings. The second-order valence-corrected chi connectivity index (χ2v) is 6.40. The van der Waals surface area contributed by atoms with Crippen LogP contribution in [0.4, 0.5) is 0 Å². The van der Waals surface area contributed by atoms with Gasteiger partial charge in [0.2, 0.25) is 0 Å². The van der Waals surface area contributed by atoms with Gasteiger partial charge in [-0.1, -0.05) is 62.5 Å². The molecule has 2 rings (SSSR count). The van der Waals surface area contributed by atoms with Crippen molar-refractivity contribution in [3.63, 3.8) is 0 Å². The largest absolute Gasteiger partial charge is 0.494 e. The molecule has 2 aromatic rings. The fourth-order valence-electron chi connectivity index (χ4n) is 2.52. The molecule has 0 fully saturated rings. The lowest BCUT2D eigenvalue weighted by Crippen LogP contribution is -1.94. The zero-order valence-electron chi connectivity index (χ0n) is 16.4. The molecule has 0 spiro atoms. The number of hydrogen-bond acceptors (Lipinski definition) is 1. The minimum atomic E-state index is 0.744. The normalized spacial score (nSPS) is 10.0. The molecular weight excluding hydrogens is 328 g/mol. The fourth-order valence-corrected chi connectivity index (χ4v) is 2.52. The summed E-state index contributed by atoms with van der Waals surface area (Å²) in [6.45, 7) is 5.07. The van der Waals surface area contributed by atoms with Crippen LogP contribution < -0.4 is 4.74 Å². The maximum Gasteiger partial charge on any atom is 0.119 e. The van der Waals surface area contributed by atoms with Crippen molar-refractivity contribution < 1.29 is 4.74 Å². The Morgan fingerprint density at radius 2 is 1.33 bits per heavy atom. The van der Waals surface area contributed by atoms with Crippen LogP contribution in [0.2, 0.25) is 0 Å². The SMILES string of the molecule is CCCCCc1ccc(C#C/C=C/C#Cc2ccc(OCCC)cc2)cc1. The highest BCUT2D eigenvalue weighted by Crippen LogP contribution is 2.11. The van der Waals surface area contributed by atoms with E-state index in [2.05, 4.69) is 61.8 Å². The quantitative estimate of drug-likeness (QED) is 0.426. The molecule has 0 aliphatic heterocycles. The molecule has 0 amide bonds. The lowest BCUT2D eigenvalue weighted by atomic mass is 10.1. The van der Waals surface area contributed by atoms with E-state index in [9.17, 15) is 0 Å². The molecule has 1 heteroatoms. The Labute approximate surface area is 164 Å². The van der Waals surface area contributed by atoms with Gasteiger partial charge in [-0.2, -0.15) is 0 Å². The Hall–Kier alpha value is -2.90. The summed E-state index contributed by atoms with van der Waals surface area (Å²) >= 11 is 0. The van der Waals surface area contributed by atoms with Crippen LogP contribution in [0.25, 0.3) is 0 Å². The molecule has 138 valence electrons. The van der Waals surface area contributed by atoms with Crippen molar-refractivity contribution in [1.82, 2.24) is 0 Å². The Morgan fingerprint density at radius 3 is 1.89 bits per heavy atom. The van der Waals surface area contributed by atoms with Crippen LogP contribution in [0.3, 0.4) is 0 Å². The number of rotatable bonds is 7. The summed E-state index contributed by atoms with van der Waals surface area (Å²) in [5.74, 6) is 13.2. The van der Waals surface area contributed by atoms with Crippen molar-refractivity contribution in [1.29, 1.82) is 0 Å². The average Bonchev–Trinajstić information content (AvgIpc) is 2.71. The van der Waals surface area contributed by atoms with Crippen LogP contribution in [0.5, 0.6) is 5.75 Å². The first-order valence-corrected chi connectivity index (χ1v) is 9.81. The van der Waals surface area contributed by atoms with Gasteiger partial charge < -0.3 is 4.74 Å². The molecule has 0 N–H and O–H groups in total. The summed E-state index contributed by atoms with van der Waals surface area (Å²) < 4.78 is 5.56. The third-order valence-corrected chi connectivity index (χ3v) is 4.03. The van der Waals surface area contributed by atoms with Gasteiger partial charge in [0.05, 0.1) is 6.61 Å². The van der Waals surface area contributed by atoms with E-state index in [0.29, 0.717) is 0 Å². The molecule has 0 aromatic heterocycles. The first-order chi connectivity index (χ1) is 13.3. The molecule has 0 saturated carbocycles. The smallest absolute Gasteiger partial charge is 0.119 e. The number of allylic oxidation sites excluding steroid dienone is 2. The van der Waals surface area contributed by atoms with Crippen molar-refractivity contribution in [2.75, 3.05) is 6.61 Å². The summed E-state index contributed by atoms with van der Waals surface area (Å²) in [5, 5.41) is 0. The third-order valence-electron chi connectivity index (χ3n) is 4.03. The van der Waals surface area contributed by atoms with Gasteiger partial charge in [-0.05, 0) is 73.4 Å². The highest BCUT2D eigenvalue weighted by atomic mass is 16.5. The molecule has 0 unspecified atom stereocenters. The van der Waals surface area contributed by atoms with Gasteiger partial charge in [0.1, 0.15) is 5.75 Å². The van der Waals surface area contributed by atoms with Crippen LogP contribution in [0.1, 0.15) is 56.2 Å². The zero-order valence-corrected chi connectivity index (χ0v) is 16.4. The second kappa shape index (κ2) is 12.5. The van der Waals surface area contributed by atoms with Crippen molar-refractivity contribution in [2.45, 2.75) is 46.0 Å². The van der Waals surface area contributed by atoms with Gasteiger partial charge in [0.25, 0.3) is 0 Å². The van der Waals surface area contributed by atoms with Gasteiger partial charge >= 0.3 is 0 Å². The Kier molecular flexibility index (Phi) is 9.41. The second-order valence-electron chi connectivity index (χ2n) is 6.40. The highest BCUT2D eigenvalue weighted by molar-refractivity contribution is 5.42. The van der Waals surface area contributed by atoms with Crippen LogP contribution in [0, 0.1) is 23.7 Å². The van der Waals surface area contributed by atoms with E-state index in [1.54, 1.807) is 12.2 Å². The molecule has 0 bridgehead atoms. The summed E-state index contributed by atoms with van der Waals surface area (Å²) in [6, 6.07) is 16.4. The number of benzene rings is 2. The summed E-state index contributed by atoms with van der Waals surface area (Å²) in [6.07, 6.45) is 9.56. The topological polar surface area (TPSA) is 9.23 Å². The predicted molar refractivity (Wildman–Crippen MR) is 115 cm³/mol. The number of unbranched alkanes of at least 4 members (excludes halogenated alkanes) is 2. The van der Waals surface area contributed by atoms with E-state index in [-0.39, 0.29) is 0 Å². The standard InChI is InChI=1S/C26H28O/c1-3-5-8-11-23-14-16-24(17-15-23)12-9-6-7-10-13-25-18-20-26(21-19-25)27-22-4-2/h6-7,14-21H,3-5,8,11,22H2,1-2H3/b7-6+. The lowest BCUT2D eigenvalue weighted by Gasteiger charge is -2.03. The molecule has 1 nitrogen and oxygen atoms in total. The van der Waals surface area contributed by atoms with E-state index in [4.69, 9.17) is 4.74 Å². The molecule has 27 heavy (non-hydrogen) atoms. The van der Waals surface area contributed by atoms with E-state index in [0.717, 1.165) is 36.3 Å². The van der Waals surface area contributed by atoms with E-state index < -0.39 is 0 Å². The number of aryl methyl sites for hydroxylation is 1. The summed E-state index contributed by atoms with van der Waals surface area (Å²) in [7, 11) is 0. The van der Waals surface area contributed by atoms with Gasteiger partial charge in [-0.25, -0.2) is 0 Å². The molecule has 0 saturated heterocycles. The van der Waals surface area contributed by atoms with E-state index >= 15 is 0 Å². The Morgan fingerprint density at radius 1 is 0.741 bits per heavy atom. The van der Waals surface area contributed by atoms with Crippen molar-refractivity contribution in [3.05, 3.63) is 77.4 Å². The van der Waals surface area contributed by atoms with Crippen LogP contribution in [0.15, 0.2) is 60.7 Å². The first-order valence-electron chi connectivity index (χ1n) is 9.81. The third kappa shape index (κ3) is 8.35. The number of hydrogen-bond donors (Lipinski definition) is 0. The van der Waals surface area contributed by atoms with Crippen molar-refractivity contribution >= 4 is 0 Å². The van der Waals surface area contributed by atoms with E-state index in [1.807, 2.05) is 24.3 Å². The maximum absolute atomic E-state index is 5.56. The zero-order chi connectivity index (χ0) is 19.2. The lowest BCUT2D eigenvalue weighted by molar-refractivity contribution is 0.317. The van der Waals surface area contributed by atoms with Crippen molar-refractivity contribution in [3.8, 4) is 29.4 Å².